The Morgan fingerprint density at radius 1 is 1.32 bits per heavy atom. The molecule has 1 rings (SSSR count). The van der Waals surface area contributed by atoms with Crippen LogP contribution in [0.5, 0.6) is 0 Å². The van der Waals surface area contributed by atoms with Gasteiger partial charge in [0.2, 0.25) is 0 Å². The van der Waals surface area contributed by atoms with Crippen LogP contribution in [-0.4, -0.2) is 41.3 Å². The first-order valence-corrected chi connectivity index (χ1v) is 10.0. The fourth-order valence-electron chi connectivity index (χ4n) is 3.24. The molecule has 6 heteroatoms. The van der Waals surface area contributed by atoms with E-state index in [0.717, 1.165) is 12.8 Å². The fraction of sp³-hybridized carbons (Fsp3) is 0.636. The van der Waals surface area contributed by atoms with E-state index in [0.29, 0.717) is 32.1 Å². The molecule has 158 valence electrons. The number of esters is 1. The zero-order valence-corrected chi connectivity index (χ0v) is 16.9. The van der Waals surface area contributed by atoms with Crippen LogP contribution >= 0.6 is 0 Å². The Balaban J connectivity index is 2.57. The SMILES string of the molecule is CCCC/C=C(\F)[C@H](O)/C=C/[C@H]1[C@H](O)CC(=O)[C@@H]1C/C=C\CCCC(=O)OC. The third kappa shape index (κ3) is 8.48. The van der Waals surface area contributed by atoms with Crippen LogP contribution in [0.2, 0.25) is 0 Å². The van der Waals surface area contributed by atoms with Gasteiger partial charge < -0.3 is 14.9 Å². The van der Waals surface area contributed by atoms with Gasteiger partial charge in [0.05, 0.1) is 13.2 Å². The molecule has 0 bridgehead atoms. The van der Waals surface area contributed by atoms with Gasteiger partial charge >= 0.3 is 5.97 Å². The first-order chi connectivity index (χ1) is 13.4. The zero-order chi connectivity index (χ0) is 20.9. The van der Waals surface area contributed by atoms with Gasteiger partial charge in [-0.2, -0.15) is 0 Å². The molecule has 1 aliphatic carbocycles. The minimum absolute atomic E-state index is 0.0326. The number of unbranched alkanes of at least 4 members (excludes halogenated alkanes) is 3. The molecule has 0 aromatic carbocycles. The van der Waals surface area contributed by atoms with Crippen LogP contribution in [0.3, 0.4) is 0 Å². The van der Waals surface area contributed by atoms with Crippen molar-refractivity contribution in [1.29, 1.82) is 0 Å². The summed E-state index contributed by atoms with van der Waals surface area (Å²) in [6, 6.07) is 0. The highest BCUT2D eigenvalue weighted by molar-refractivity contribution is 5.84. The van der Waals surface area contributed by atoms with Crippen molar-refractivity contribution in [2.45, 2.75) is 70.5 Å². The number of hydrogen-bond acceptors (Lipinski definition) is 5. The first kappa shape index (κ1) is 24.2. The summed E-state index contributed by atoms with van der Waals surface area (Å²) in [7, 11) is 1.35. The molecular formula is C22H33FO5. The van der Waals surface area contributed by atoms with E-state index < -0.39 is 24.0 Å². The van der Waals surface area contributed by atoms with Crippen molar-refractivity contribution in [2.75, 3.05) is 7.11 Å². The van der Waals surface area contributed by atoms with Crippen molar-refractivity contribution < 1.29 is 28.9 Å². The van der Waals surface area contributed by atoms with Crippen molar-refractivity contribution >= 4 is 11.8 Å². The lowest BCUT2D eigenvalue weighted by molar-refractivity contribution is -0.140. The normalized spacial score (nSPS) is 24.4. The van der Waals surface area contributed by atoms with Crippen molar-refractivity contribution in [3.8, 4) is 0 Å². The van der Waals surface area contributed by atoms with Crippen LogP contribution in [0, 0.1) is 11.8 Å². The van der Waals surface area contributed by atoms with Crippen LogP contribution in [0.1, 0.15) is 58.3 Å². The van der Waals surface area contributed by atoms with Gasteiger partial charge in [-0.1, -0.05) is 37.6 Å². The molecule has 0 amide bonds. The lowest BCUT2D eigenvalue weighted by Crippen LogP contribution is -2.19. The van der Waals surface area contributed by atoms with Gasteiger partial charge in [0.1, 0.15) is 17.7 Å². The van der Waals surface area contributed by atoms with E-state index in [1.54, 1.807) is 6.08 Å². The summed E-state index contributed by atoms with van der Waals surface area (Å²) < 4.78 is 18.4. The van der Waals surface area contributed by atoms with Crippen molar-refractivity contribution in [3.05, 3.63) is 36.2 Å². The molecule has 1 fully saturated rings. The van der Waals surface area contributed by atoms with E-state index in [1.165, 1.54) is 19.3 Å². The predicted molar refractivity (Wildman–Crippen MR) is 106 cm³/mol. The molecule has 0 spiro atoms. The molecule has 0 radical (unpaired) electrons. The first-order valence-electron chi connectivity index (χ1n) is 10.0. The number of carbonyl (C=O) groups excluding carboxylic acids is 2. The Kier molecular flexibility index (Phi) is 11.6. The molecule has 0 aromatic rings. The van der Waals surface area contributed by atoms with E-state index in [-0.39, 0.29) is 24.1 Å². The Hall–Kier alpha value is -1.79. The third-order valence-electron chi connectivity index (χ3n) is 4.96. The molecule has 0 aromatic heterocycles. The topological polar surface area (TPSA) is 83.8 Å². The summed E-state index contributed by atoms with van der Waals surface area (Å²) >= 11 is 0. The molecule has 5 nitrogen and oxygen atoms in total. The number of methoxy groups -OCH3 is 1. The lowest BCUT2D eigenvalue weighted by Gasteiger charge is -2.16. The smallest absolute Gasteiger partial charge is 0.305 e. The minimum Gasteiger partial charge on any atom is -0.469 e. The number of Topliss-reactive ketones (excluding diaryl/α,β-unsaturated/α-hetero) is 1. The number of aliphatic hydroxyl groups excluding tert-OH is 2. The maximum absolute atomic E-state index is 13.9. The van der Waals surface area contributed by atoms with Gasteiger partial charge in [-0.05, 0) is 38.2 Å². The Morgan fingerprint density at radius 3 is 2.75 bits per heavy atom. The highest BCUT2D eigenvalue weighted by atomic mass is 19.1. The van der Waals surface area contributed by atoms with Crippen molar-refractivity contribution in [3.63, 3.8) is 0 Å². The largest absolute Gasteiger partial charge is 0.469 e. The van der Waals surface area contributed by atoms with Crippen LogP contribution in [0.4, 0.5) is 4.39 Å². The van der Waals surface area contributed by atoms with Gasteiger partial charge in [0, 0.05) is 24.7 Å². The Bertz CT molecular complexity index is 581. The number of ether oxygens (including phenoxy) is 1. The van der Waals surface area contributed by atoms with Crippen LogP contribution in [0.15, 0.2) is 36.2 Å². The van der Waals surface area contributed by atoms with Gasteiger partial charge in [-0.25, -0.2) is 4.39 Å². The highest BCUT2D eigenvalue weighted by Gasteiger charge is 2.39. The molecule has 2 N–H and O–H groups in total. The summed E-state index contributed by atoms with van der Waals surface area (Å²) in [6.45, 7) is 2.01. The monoisotopic (exact) mass is 396 g/mol. The van der Waals surface area contributed by atoms with E-state index >= 15 is 0 Å². The number of carbonyl (C=O) groups is 2. The quantitative estimate of drug-likeness (QED) is 0.298. The highest BCUT2D eigenvalue weighted by Crippen LogP contribution is 2.33. The lowest BCUT2D eigenvalue weighted by atomic mass is 9.90. The summed E-state index contributed by atoms with van der Waals surface area (Å²) in [5.41, 5.74) is 0. The Morgan fingerprint density at radius 2 is 2.07 bits per heavy atom. The van der Waals surface area contributed by atoms with E-state index in [9.17, 15) is 24.2 Å². The average Bonchev–Trinajstić information content (AvgIpc) is 2.94. The van der Waals surface area contributed by atoms with Gasteiger partial charge in [-0.15, -0.1) is 0 Å². The number of hydrogen-bond donors (Lipinski definition) is 2. The summed E-state index contributed by atoms with van der Waals surface area (Å²) in [4.78, 5) is 23.2. The van der Waals surface area contributed by atoms with E-state index in [2.05, 4.69) is 4.74 Å². The van der Waals surface area contributed by atoms with E-state index in [1.807, 2.05) is 19.1 Å². The number of rotatable bonds is 12. The molecule has 0 aliphatic heterocycles. The van der Waals surface area contributed by atoms with Crippen LogP contribution in [-0.2, 0) is 14.3 Å². The number of allylic oxidation sites excluding steroid dienone is 3. The van der Waals surface area contributed by atoms with Crippen LogP contribution < -0.4 is 0 Å². The Labute approximate surface area is 167 Å². The predicted octanol–water partition coefficient (Wildman–Crippen LogP) is 3.80. The average molecular weight is 396 g/mol. The van der Waals surface area contributed by atoms with Gasteiger partial charge in [0.25, 0.3) is 0 Å². The second-order valence-electron chi connectivity index (χ2n) is 7.16. The standard InChI is InChI=1S/C22H33FO5/c1-3-4-7-11-18(23)19(24)14-13-17-16(20(25)15-21(17)26)10-8-5-6-9-12-22(27)28-2/h5,8,11,13-14,16-17,19,21,24,26H,3-4,6-7,9-10,12,15H2,1-2H3/b8-5-,14-13+,18-11-/t16-,17-,19-,21-/m1/s1. The molecule has 28 heavy (non-hydrogen) atoms. The zero-order valence-electron chi connectivity index (χ0n) is 16.9. The van der Waals surface area contributed by atoms with Crippen molar-refractivity contribution in [2.24, 2.45) is 11.8 Å². The minimum atomic E-state index is -1.35. The maximum Gasteiger partial charge on any atom is 0.305 e. The molecule has 0 heterocycles. The third-order valence-corrected chi connectivity index (χ3v) is 4.96. The second kappa shape index (κ2) is 13.4. The molecule has 1 aliphatic rings. The van der Waals surface area contributed by atoms with Crippen LogP contribution in [0.25, 0.3) is 0 Å². The molecule has 4 atom stereocenters. The van der Waals surface area contributed by atoms with Crippen molar-refractivity contribution in [1.82, 2.24) is 0 Å². The van der Waals surface area contributed by atoms with E-state index in [4.69, 9.17) is 0 Å². The second-order valence-corrected chi connectivity index (χ2v) is 7.16. The summed E-state index contributed by atoms with van der Waals surface area (Å²) in [5.74, 6) is -1.71. The number of ketones is 1. The molecule has 0 unspecified atom stereocenters. The number of aliphatic hydroxyl groups is 2. The van der Waals surface area contributed by atoms with Gasteiger partial charge in [-0.3, -0.25) is 9.59 Å². The summed E-state index contributed by atoms with van der Waals surface area (Å²) in [5, 5.41) is 20.1. The molecule has 1 saturated carbocycles. The maximum atomic E-state index is 13.9. The number of halogens is 1. The summed E-state index contributed by atoms with van der Waals surface area (Å²) in [6.07, 6.45) is 10.5. The van der Waals surface area contributed by atoms with Gasteiger partial charge in [0.15, 0.2) is 0 Å². The molecule has 0 saturated heterocycles. The molecular weight excluding hydrogens is 363 g/mol. The fourth-order valence-corrected chi connectivity index (χ4v) is 3.24.